The first-order chi connectivity index (χ1) is 9.13. The second-order valence-electron chi connectivity index (χ2n) is 4.35. The predicted octanol–water partition coefficient (Wildman–Crippen LogP) is 1.24. The molecule has 6 nitrogen and oxygen atoms in total. The molecular formula is C13H17N5O. The summed E-state index contributed by atoms with van der Waals surface area (Å²) in [5, 5.41) is 10.6. The monoisotopic (exact) mass is 259 g/mol. The van der Waals surface area contributed by atoms with Gasteiger partial charge in [0.25, 0.3) is 0 Å². The lowest BCUT2D eigenvalue weighted by Crippen LogP contribution is -2.26. The first-order valence-corrected chi connectivity index (χ1v) is 6.09. The molecule has 2 aromatic rings. The van der Waals surface area contributed by atoms with Gasteiger partial charge in [-0.15, -0.1) is 5.10 Å². The van der Waals surface area contributed by atoms with Gasteiger partial charge in [0.05, 0.1) is 11.9 Å². The number of nitrogens with one attached hydrogen (secondary N) is 1. The van der Waals surface area contributed by atoms with Crippen LogP contribution in [0.3, 0.4) is 0 Å². The number of hydrogen-bond acceptors (Lipinski definition) is 4. The third kappa shape index (κ3) is 2.79. The maximum atomic E-state index is 12.2. The maximum absolute atomic E-state index is 12.2. The van der Waals surface area contributed by atoms with Crippen molar-refractivity contribution in [3.8, 4) is 0 Å². The number of nitrogens with two attached hydrogens (primary N) is 1. The van der Waals surface area contributed by atoms with Crippen LogP contribution < -0.4 is 11.1 Å². The van der Waals surface area contributed by atoms with Crippen molar-refractivity contribution >= 4 is 11.6 Å². The molecule has 1 unspecified atom stereocenters. The van der Waals surface area contributed by atoms with Gasteiger partial charge in [0.1, 0.15) is 6.04 Å². The fourth-order valence-corrected chi connectivity index (χ4v) is 1.80. The molecule has 0 spiro atoms. The molecule has 0 saturated heterocycles. The average molecular weight is 259 g/mol. The number of hydrogen-bond donors (Lipinski definition) is 2. The van der Waals surface area contributed by atoms with Gasteiger partial charge in [-0.05, 0) is 25.5 Å². The van der Waals surface area contributed by atoms with Crippen LogP contribution in [0.25, 0.3) is 0 Å². The number of para-hydroxylation sites is 1. The van der Waals surface area contributed by atoms with Crippen LogP contribution in [0.2, 0.25) is 0 Å². The van der Waals surface area contributed by atoms with Crippen molar-refractivity contribution in [3.63, 3.8) is 0 Å². The molecule has 1 aromatic carbocycles. The molecular weight excluding hydrogens is 242 g/mol. The van der Waals surface area contributed by atoms with Gasteiger partial charge < -0.3 is 11.1 Å². The van der Waals surface area contributed by atoms with Crippen molar-refractivity contribution < 1.29 is 4.79 Å². The van der Waals surface area contributed by atoms with Gasteiger partial charge in [0.2, 0.25) is 5.91 Å². The quantitative estimate of drug-likeness (QED) is 0.865. The SMILES string of the molecule is Cc1ccccc1NC(=O)C(C)n1nncc1CN. The number of nitrogens with zero attached hydrogens (tertiary/aromatic N) is 3. The van der Waals surface area contributed by atoms with E-state index in [4.69, 9.17) is 5.73 Å². The highest BCUT2D eigenvalue weighted by molar-refractivity contribution is 5.94. The Labute approximate surface area is 111 Å². The van der Waals surface area contributed by atoms with Crippen LogP contribution in [0.4, 0.5) is 5.69 Å². The molecule has 0 bridgehead atoms. The number of benzene rings is 1. The van der Waals surface area contributed by atoms with E-state index in [2.05, 4.69) is 15.6 Å². The van der Waals surface area contributed by atoms with E-state index in [0.29, 0.717) is 6.54 Å². The molecule has 0 aliphatic rings. The van der Waals surface area contributed by atoms with Crippen molar-refractivity contribution in [1.29, 1.82) is 0 Å². The Morgan fingerprint density at radius 3 is 2.89 bits per heavy atom. The Hall–Kier alpha value is -2.21. The zero-order chi connectivity index (χ0) is 13.8. The molecule has 0 radical (unpaired) electrons. The third-order valence-corrected chi connectivity index (χ3v) is 3.01. The van der Waals surface area contributed by atoms with Crippen LogP contribution >= 0.6 is 0 Å². The molecule has 2 rings (SSSR count). The molecule has 19 heavy (non-hydrogen) atoms. The van der Waals surface area contributed by atoms with E-state index in [9.17, 15) is 4.79 Å². The third-order valence-electron chi connectivity index (χ3n) is 3.01. The molecule has 0 fully saturated rings. The summed E-state index contributed by atoms with van der Waals surface area (Å²) < 4.78 is 1.54. The van der Waals surface area contributed by atoms with Crippen LogP contribution in [-0.4, -0.2) is 20.9 Å². The van der Waals surface area contributed by atoms with Gasteiger partial charge in [0, 0.05) is 12.2 Å². The Balaban J connectivity index is 2.14. The fourth-order valence-electron chi connectivity index (χ4n) is 1.80. The summed E-state index contributed by atoms with van der Waals surface area (Å²) in [7, 11) is 0. The number of carbonyl (C=O) groups excluding carboxylic acids is 1. The molecule has 0 aliphatic carbocycles. The highest BCUT2D eigenvalue weighted by Gasteiger charge is 2.18. The molecule has 6 heteroatoms. The van der Waals surface area contributed by atoms with Gasteiger partial charge in [0.15, 0.2) is 0 Å². The standard InChI is InChI=1S/C13H17N5O/c1-9-5-3-4-6-12(9)16-13(19)10(2)18-11(7-14)8-15-17-18/h3-6,8,10H,7,14H2,1-2H3,(H,16,19). The zero-order valence-corrected chi connectivity index (χ0v) is 11.0. The van der Waals surface area contributed by atoms with Crippen LogP contribution in [0.5, 0.6) is 0 Å². The summed E-state index contributed by atoms with van der Waals surface area (Å²) in [6.07, 6.45) is 1.57. The lowest BCUT2D eigenvalue weighted by atomic mass is 10.2. The number of aryl methyl sites for hydroxylation is 1. The van der Waals surface area contributed by atoms with Crippen LogP contribution in [0.1, 0.15) is 24.2 Å². The van der Waals surface area contributed by atoms with Crippen LogP contribution in [0.15, 0.2) is 30.5 Å². The molecule has 1 aromatic heterocycles. The summed E-state index contributed by atoms with van der Waals surface area (Å²) in [6, 6.07) is 7.17. The lowest BCUT2D eigenvalue weighted by molar-refractivity contribution is -0.119. The first kappa shape index (κ1) is 13.2. The van der Waals surface area contributed by atoms with E-state index in [1.54, 1.807) is 13.1 Å². The Kier molecular flexibility index (Phi) is 3.91. The van der Waals surface area contributed by atoms with Gasteiger partial charge in [-0.2, -0.15) is 0 Å². The highest BCUT2D eigenvalue weighted by Crippen LogP contribution is 2.16. The topological polar surface area (TPSA) is 85.8 Å². The summed E-state index contributed by atoms with van der Waals surface area (Å²) in [6.45, 7) is 4.01. The van der Waals surface area contributed by atoms with Crippen molar-refractivity contribution in [2.45, 2.75) is 26.4 Å². The number of aromatic nitrogens is 3. The number of rotatable bonds is 4. The minimum Gasteiger partial charge on any atom is -0.325 e. The molecule has 1 amide bonds. The Morgan fingerprint density at radius 2 is 2.21 bits per heavy atom. The van der Waals surface area contributed by atoms with Gasteiger partial charge in [-0.25, -0.2) is 4.68 Å². The predicted molar refractivity (Wildman–Crippen MR) is 72.4 cm³/mol. The van der Waals surface area contributed by atoms with Crippen molar-refractivity contribution in [3.05, 3.63) is 41.7 Å². The van der Waals surface area contributed by atoms with E-state index in [-0.39, 0.29) is 5.91 Å². The average Bonchev–Trinajstić information content (AvgIpc) is 2.88. The summed E-state index contributed by atoms with van der Waals surface area (Å²) >= 11 is 0. The largest absolute Gasteiger partial charge is 0.325 e. The van der Waals surface area contributed by atoms with E-state index in [0.717, 1.165) is 16.9 Å². The summed E-state index contributed by atoms with van der Waals surface area (Å²) in [5.74, 6) is -0.144. The second kappa shape index (κ2) is 5.62. The summed E-state index contributed by atoms with van der Waals surface area (Å²) in [4.78, 5) is 12.2. The van der Waals surface area contributed by atoms with E-state index in [1.165, 1.54) is 4.68 Å². The fraction of sp³-hybridized carbons (Fsp3) is 0.308. The molecule has 0 aliphatic heterocycles. The smallest absolute Gasteiger partial charge is 0.249 e. The lowest BCUT2D eigenvalue weighted by Gasteiger charge is -2.15. The van der Waals surface area contributed by atoms with Gasteiger partial charge in [-0.3, -0.25) is 4.79 Å². The van der Waals surface area contributed by atoms with Gasteiger partial charge in [-0.1, -0.05) is 23.4 Å². The number of anilines is 1. The van der Waals surface area contributed by atoms with Crippen LogP contribution in [0, 0.1) is 6.92 Å². The number of amides is 1. The molecule has 1 heterocycles. The van der Waals surface area contributed by atoms with E-state index >= 15 is 0 Å². The molecule has 1 atom stereocenters. The minimum absolute atomic E-state index is 0.144. The van der Waals surface area contributed by atoms with Crippen molar-refractivity contribution in [2.24, 2.45) is 5.73 Å². The first-order valence-electron chi connectivity index (χ1n) is 6.09. The number of carbonyl (C=O) groups is 1. The Morgan fingerprint density at radius 1 is 1.47 bits per heavy atom. The van der Waals surface area contributed by atoms with E-state index < -0.39 is 6.04 Å². The van der Waals surface area contributed by atoms with Gasteiger partial charge >= 0.3 is 0 Å². The molecule has 0 saturated carbocycles. The van der Waals surface area contributed by atoms with E-state index in [1.807, 2.05) is 31.2 Å². The highest BCUT2D eigenvalue weighted by atomic mass is 16.2. The molecule has 100 valence electrons. The minimum atomic E-state index is -0.458. The summed E-state index contributed by atoms with van der Waals surface area (Å²) in [5.41, 5.74) is 8.12. The van der Waals surface area contributed by atoms with Crippen molar-refractivity contribution in [1.82, 2.24) is 15.0 Å². The normalized spacial score (nSPS) is 12.2. The molecule has 3 N–H and O–H groups in total. The van der Waals surface area contributed by atoms with Crippen molar-refractivity contribution in [2.75, 3.05) is 5.32 Å². The maximum Gasteiger partial charge on any atom is 0.249 e. The second-order valence-corrected chi connectivity index (χ2v) is 4.35. The van der Waals surface area contributed by atoms with Crippen LogP contribution in [-0.2, 0) is 11.3 Å². The Bertz CT molecular complexity index is 578. The zero-order valence-electron chi connectivity index (χ0n) is 11.0.